The van der Waals surface area contributed by atoms with Gasteiger partial charge in [-0.05, 0) is 26.2 Å². The Balaban J connectivity index is 1.45. The Bertz CT molecular complexity index is 795. The van der Waals surface area contributed by atoms with Crippen molar-refractivity contribution in [1.82, 2.24) is 15.0 Å². The lowest BCUT2D eigenvalue weighted by Gasteiger charge is -2.50. The number of hydrogen-bond donors (Lipinski definition) is 0. The highest BCUT2D eigenvalue weighted by atomic mass is 16.5. The van der Waals surface area contributed by atoms with Crippen LogP contribution < -0.4 is 0 Å². The van der Waals surface area contributed by atoms with E-state index in [0.717, 1.165) is 30.5 Å². The van der Waals surface area contributed by atoms with Gasteiger partial charge in [-0.1, -0.05) is 35.5 Å². The van der Waals surface area contributed by atoms with Gasteiger partial charge in [0.2, 0.25) is 0 Å². The average Bonchev–Trinajstić information content (AvgIpc) is 3.07. The molecule has 2 amide bonds. The average molecular weight is 339 g/mol. The molecule has 1 saturated heterocycles. The fourth-order valence-corrected chi connectivity index (χ4v) is 3.62. The second kappa shape index (κ2) is 6.02. The van der Waals surface area contributed by atoms with Crippen molar-refractivity contribution in [3.8, 4) is 11.3 Å². The second-order valence-corrected chi connectivity index (χ2v) is 7.08. The van der Waals surface area contributed by atoms with Gasteiger partial charge in [0, 0.05) is 30.3 Å². The molecular formula is C19H21N3O3. The standard InChI is InChI=1S/C19H21N3O3/c1-19(8-5-9-19)22-11-10-21(17(23)18(22)24)13-15-12-16(20-25-15)14-6-3-2-4-7-14/h2-4,6-7,12H,5,8-11,13H2,1H3. The Morgan fingerprint density at radius 3 is 2.56 bits per heavy atom. The molecule has 1 aromatic carbocycles. The molecule has 0 radical (unpaired) electrons. The molecule has 1 aliphatic carbocycles. The third kappa shape index (κ3) is 2.81. The summed E-state index contributed by atoms with van der Waals surface area (Å²) in [6, 6.07) is 11.5. The molecule has 25 heavy (non-hydrogen) atoms. The van der Waals surface area contributed by atoms with E-state index in [9.17, 15) is 9.59 Å². The molecular weight excluding hydrogens is 318 g/mol. The molecule has 2 aliphatic rings. The Hall–Kier alpha value is -2.63. The van der Waals surface area contributed by atoms with E-state index in [-0.39, 0.29) is 12.1 Å². The Morgan fingerprint density at radius 1 is 1.12 bits per heavy atom. The first-order valence-corrected chi connectivity index (χ1v) is 8.69. The lowest BCUT2D eigenvalue weighted by atomic mass is 9.76. The van der Waals surface area contributed by atoms with Crippen molar-refractivity contribution in [2.24, 2.45) is 0 Å². The maximum atomic E-state index is 12.5. The quantitative estimate of drug-likeness (QED) is 0.803. The van der Waals surface area contributed by atoms with E-state index >= 15 is 0 Å². The number of benzene rings is 1. The number of rotatable bonds is 4. The van der Waals surface area contributed by atoms with Gasteiger partial charge in [0.05, 0.1) is 6.54 Å². The summed E-state index contributed by atoms with van der Waals surface area (Å²) in [6.07, 6.45) is 3.08. The minimum Gasteiger partial charge on any atom is -0.359 e. The van der Waals surface area contributed by atoms with Crippen molar-refractivity contribution >= 4 is 11.8 Å². The molecule has 2 heterocycles. The van der Waals surface area contributed by atoms with Gasteiger partial charge in [-0.15, -0.1) is 0 Å². The van der Waals surface area contributed by atoms with Crippen LogP contribution in [0, 0.1) is 0 Å². The molecule has 6 nitrogen and oxygen atoms in total. The lowest BCUT2D eigenvalue weighted by Crippen LogP contribution is -2.63. The second-order valence-electron chi connectivity index (χ2n) is 7.08. The summed E-state index contributed by atoms with van der Waals surface area (Å²) in [7, 11) is 0. The number of hydrogen-bond acceptors (Lipinski definition) is 4. The van der Waals surface area contributed by atoms with Crippen LogP contribution in [0.3, 0.4) is 0 Å². The Morgan fingerprint density at radius 2 is 1.88 bits per heavy atom. The van der Waals surface area contributed by atoms with Gasteiger partial charge >= 0.3 is 11.8 Å². The molecule has 0 unspecified atom stereocenters. The summed E-state index contributed by atoms with van der Waals surface area (Å²) in [5.74, 6) is -0.253. The summed E-state index contributed by atoms with van der Waals surface area (Å²) >= 11 is 0. The van der Waals surface area contributed by atoms with Crippen LogP contribution in [0.2, 0.25) is 0 Å². The number of carbonyl (C=O) groups is 2. The molecule has 130 valence electrons. The zero-order valence-electron chi connectivity index (χ0n) is 14.3. The van der Waals surface area contributed by atoms with Crippen molar-refractivity contribution in [1.29, 1.82) is 0 Å². The molecule has 0 bridgehead atoms. The maximum absolute atomic E-state index is 12.5. The Kier molecular flexibility index (Phi) is 3.82. The number of piperazine rings is 1. The number of amides is 2. The lowest BCUT2D eigenvalue weighted by molar-refractivity contribution is -0.163. The van der Waals surface area contributed by atoms with Gasteiger partial charge in [-0.3, -0.25) is 9.59 Å². The summed E-state index contributed by atoms with van der Waals surface area (Å²) < 4.78 is 5.36. The highest BCUT2D eigenvalue weighted by Gasteiger charge is 2.45. The highest BCUT2D eigenvalue weighted by molar-refractivity contribution is 6.35. The van der Waals surface area contributed by atoms with E-state index in [2.05, 4.69) is 12.1 Å². The predicted molar refractivity (Wildman–Crippen MR) is 91.3 cm³/mol. The van der Waals surface area contributed by atoms with Gasteiger partial charge in [-0.2, -0.15) is 0 Å². The number of carbonyl (C=O) groups excluding carboxylic acids is 2. The molecule has 0 spiro atoms. The molecule has 2 fully saturated rings. The summed E-state index contributed by atoms with van der Waals surface area (Å²) in [5, 5.41) is 4.06. The molecule has 0 atom stereocenters. The number of aromatic nitrogens is 1. The molecule has 1 saturated carbocycles. The third-order valence-corrected chi connectivity index (χ3v) is 5.37. The van der Waals surface area contributed by atoms with Crippen molar-refractivity contribution in [2.45, 2.75) is 38.3 Å². The zero-order valence-corrected chi connectivity index (χ0v) is 14.3. The highest BCUT2D eigenvalue weighted by Crippen LogP contribution is 2.38. The van der Waals surface area contributed by atoms with Crippen LogP contribution in [-0.2, 0) is 16.1 Å². The molecule has 2 aromatic rings. The van der Waals surface area contributed by atoms with Crippen molar-refractivity contribution in [2.75, 3.05) is 13.1 Å². The van der Waals surface area contributed by atoms with Gasteiger partial charge in [0.1, 0.15) is 5.69 Å². The SMILES string of the molecule is CC1(N2CCN(Cc3cc(-c4ccccc4)no3)C(=O)C2=O)CCC1. The molecule has 1 aliphatic heterocycles. The minimum atomic E-state index is -0.447. The van der Waals surface area contributed by atoms with Crippen LogP contribution in [0.5, 0.6) is 0 Å². The van der Waals surface area contributed by atoms with Crippen LogP contribution in [0.1, 0.15) is 31.9 Å². The first kappa shape index (κ1) is 15.9. The van der Waals surface area contributed by atoms with Gasteiger partial charge in [0.15, 0.2) is 5.76 Å². The van der Waals surface area contributed by atoms with Gasteiger partial charge < -0.3 is 14.3 Å². The normalized spacial score (nSPS) is 19.9. The molecule has 6 heteroatoms. The first-order valence-electron chi connectivity index (χ1n) is 8.69. The summed E-state index contributed by atoms with van der Waals surface area (Å²) in [5.41, 5.74) is 1.56. The zero-order chi connectivity index (χ0) is 17.4. The molecule has 4 rings (SSSR count). The van der Waals surface area contributed by atoms with E-state index in [1.807, 2.05) is 36.4 Å². The van der Waals surface area contributed by atoms with E-state index in [0.29, 0.717) is 18.8 Å². The van der Waals surface area contributed by atoms with Crippen LogP contribution in [0.25, 0.3) is 11.3 Å². The van der Waals surface area contributed by atoms with Crippen molar-refractivity contribution < 1.29 is 14.1 Å². The summed E-state index contributed by atoms with van der Waals surface area (Å²) in [6.45, 7) is 3.46. The van der Waals surface area contributed by atoms with Gasteiger partial charge in [0.25, 0.3) is 0 Å². The van der Waals surface area contributed by atoms with E-state index < -0.39 is 11.8 Å². The summed E-state index contributed by atoms with van der Waals surface area (Å²) in [4.78, 5) is 28.3. The van der Waals surface area contributed by atoms with E-state index in [1.165, 1.54) is 0 Å². The smallest absolute Gasteiger partial charge is 0.312 e. The third-order valence-electron chi connectivity index (χ3n) is 5.37. The van der Waals surface area contributed by atoms with Crippen LogP contribution in [0.15, 0.2) is 40.9 Å². The fraction of sp³-hybridized carbons (Fsp3) is 0.421. The predicted octanol–water partition coefficient (Wildman–Crippen LogP) is 2.46. The first-order chi connectivity index (χ1) is 12.1. The van der Waals surface area contributed by atoms with Crippen LogP contribution >= 0.6 is 0 Å². The van der Waals surface area contributed by atoms with Crippen molar-refractivity contribution in [3.63, 3.8) is 0 Å². The number of nitrogens with zero attached hydrogens (tertiary/aromatic N) is 3. The van der Waals surface area contributed by atoms with Crippen LogP contribution in [0.4, 0.5) is 0 Å². The minimum absolute atomic E-state index is 0.133. The van der Waals surface area contributed by atoms with E-state index in [1.54, 1.807) is 9.80 Å². The molecule has 0 N–H and O–H groups in total. The Labute approximate surface area is 146 Å². The van der Waals surface area contributed by atoms with Gasteiger partial charge in [-0.25, -0.2) is 0 Å². The van der Waals surface area contributed by atoms with E-state index in [4.69, 9.17) is 4.52 Å². The fourth-order valence-electron chi connectivity index (χ4n) is 3.62. The van der Waals surface area contributed by atoms with Crippen molar-refractivity contribution in [3.05, 3.63) is 42.2 Å². The van der Waals surface area contributed by atoms with Crippen LogP contribution in [-0.4, -0.2) is 45.4 Å². The topological polar surface area (TPSA) is 66.7 Å². The monoisotopic (exact) mass is 339 g/mol. The largest absolute Gasteiger partial charge is 0.359 e. The molecule has 1 aromatic heterocycles. The maximum Gasteiger partial charge on any atom is 0.312 e.